The minimum absolute atomic E-state index is 0.0582. The van der Waals surface area contributed by atoms with E-state index in [0.29, 0.717) is 17.3 Å². The molecule has 2 aromatic carbocycles. The van der Waals surface area contributed by atoms with Crippen molar-refractivity contribution in [3.05, 3.63) is 82.1 Å². The molecule has 0 spiro atoms. The molecule has 1 unspecified atom stereocenters. The van der Waals surface area contributed by atoms with Gasteiger partial charge in [-0.05, 0) is 43.0 Å². The molecule has 1 atom stereocenters. The van der Waals surface area contributed by atoms with Gasteiger partial charge in [0, 0.05) is 17.9 Å². The summed E-state index contributed by atoms with van der Waals surface area (Å²) >= 11 is 7.67. The van der Waals surface area contributed by atoms with Crippen molar-refractivity contribution in [1.82, 2.24) is 15.3 Å². The Labute approximate surface area is 203 Å². The number of aromatic nitrogens is 2. The molecule has 2 N–H and O–H groups in total. The number of benzene rings is 2. The maximum Gasteiger partial charge on any atom is 0.272 e. The van der Waals surface area contributed by atoms with Crippen molar-refractivity contribution in [2.75, 3.05) is 11.1 Å². The molecule has 0 aliphatic heterocycles. The van der Waals surface area contributed by atoms with Crippen LogP contribution >= 0.6 is 23.4 Å². The van der Waals surface area contributed by atoms with E-state index < -0.39 is 11.9 Å². The van der Waals surface area contributed by atoms with Gasteiger partial charge in [-0.3, -0.25) is 9.59 Å². The standard InChI is InChI=1S/C25H27ClN4O2S/c1-4-13-33-25-27-15-19(26)22(30-25)24(32)29-21(14-18-10-6-5-7-11-18)23(31)28-20-12-8-9-16(2)17(20)3/h5-12,15,21H,4,13-14H2,1-3H3,(H,28,31)(H,29,32). The van der Waals surface area contributed by atoms with E-state index in [4.69, 9.17) is 11.6 Å². The first-order valence-electron chi connectivity index (χ1n) is 10.8. The molecule has 6 nitrogen and oxygen atoms in total. The number of hydrogen-bond donors (Lipinski definition) is 2. The molecule has 3 aromatic rings. The minimum Gasteiger partial charge on any atom is -0.338 e. The van der Waals surface area contributed by atoms with Gasteiger partial charge < -0.3 is 10.6 Å². The average molecular weight is 483 g/mol. The molecule has 2 amide bonds. The van der Waals surface area contributed by atoms with Gasteiger partial charge in [-0.25, -0.2) is 9.97 Å². The minimum atomic E-state index is -0.822. The SMILES string of the molecule is CCCSc1ncc(Cl)c(C(=O)NC(Cc2ccccc2)C(=O)Nc2cccc(C)c2C)n1. The number of amides is 2. The average Bonchev–Trinajstić information content (AvgIpc) is 2.81. The molecule has 0 saturated heterocycles. The second-order valence-corrected chi connectivity index (χ2v) is 9.12. The fraction of sp³-hybridized carbons (Fsp3) is 0.280. The summed E-state index contributed by atoms with van der Waals surface area (Å²) in [6.07, 6.45) is 2.70. The lowest BCUT2D eigenvalue weighted by Crippen LogP contribution is -2.45. The molecule has 0 fully saturated rings. The number of thioether (sulfide) groups is 1. The lowest BCUT2D eigenvalue weighted by Gasteiger charge is -2.20. The Bertz CT molecular complexity index is 1120. The van der Waals surface area contributed by atoms with E-state index in [9.17, 15) is 9.59 Å². The van der Waals surface area contributed by atoms with Gasteiger partial charge in [0.2, 0.25) is 5.91 Å². The number of hydrogen-bond acceptors (Lipinski definition) is 5. The summed E-state index contributed by atoms with van der Waals surface area (Å²) in [6, 6.07) is 14.4. The first-order valence-corrected chi connectivity index (χ1v) is 12.1. The van der Waals surface area contributed by atoms with Crippen LogP contribution in [0.3, 0.4) is 0 Å². The van der Waals surface area contributed by atoms with Gasteiger partial charge in [-0.1, -0.05) is 72.8 Å². The van der Waals surface area contributed by atoms with Crippen molar-refractivity contribution in [1.29, 1.82) is 0 Å². The molecule has 1 heterocycles. The summed E-state index contributed by atoms with van der Waals surface area (Å²) in [5.74, 6) is 0.00172. The first-order chi connectivity index (χ1) is 15.9. The molecule has 0 radical (unpaired) electrons. The van der Waals surface area contributed by atoms with Crippen LogP contribution < -0.4 is 10.6 Å². The molecule has 8 heteroatoms. The van der Waals surface area contributed by atoms with Crippen LogP contribution in [-0.4, -0.2) is 33.6 Å². The first kappa shape index (κ1) is 24.7. The van der Waals surface area contributed by atoms with Crippen molar-refractivity contribution in [2.45, 2.75) is 44.8 Å². The van der Waals surface area contributed by atoms with E-state index in [-0.39, 0.29) is 16.6 Å². The van der Waals surface area contributed by atoms with E-state index in [0.717, 1.165) is 28.9 Å². The fourth-order valence-electron chi connectivity index (χ4n) is 3.17. The highest BCUT2D eigenvalue weighted by Crippen LogP contribution is 2.21. The van der Waals surface area contributed by atoms with E-state index in [2.05, 4.69) is 27.5 Å². The van der Waals surface area contributed by atoms with Crippen LogP contribution in [0.1, 0.15) is 40.5 Å². The highest BCUT2D eigenvalue weighted by molar-refractivity contribution is 7.99. The monoisotopic (exact) mass is 482 g/mol. The fourth-order valence-corrected chi connectivity index (χ4v) is 4.01. The molecular formula is C25H27ClN4O2S. The van der Waals surface area contributed by atoms with Gasteiger partial charge in [0.25, 0.3) is 5.91 Å². The van der Waals surface area contributed by atoms with E-state index in [1.165, 1.54) is 18.0 Å². The summed E-state index contributed by atoms with van der Waals surface area (Å²) < 4.78 is 0. The largest absolute Gasteiger partial charge is 0.338 e. The lowest BCUT2D eigenvalue weighted by atomic mass is 10.0. The molecule has 172 valence electrons. The van der Waals surface area contributed by atoms with Crippen molar-refractivity contribution in [2.24, 2.45) is 0 Å². The molecule has 3 rings (SSSR count). The molecule has 0 aliphatic rings. The predicted molar refractivity (Wildman–Crippen MR) is 134 cm³/mol. The smallest absolute Gasteiger partial charge is 0.272 e. The highest BCUT2D eigenvalue weighted by Gasteiger charge is 2.25. The Balaban J connectivity index is 1.84. The van der Waals surface area contributed by atoms with Gasteiger partial charge in [-0.15, -0.1) is 0 Å². The van der Waals surface area contributed by atoms with Crippen molar-refractivity contribution >= 4 is 40.9 Å². The molecular weight excluding hydrogens is 456 g/mol. The van der Waals surface area contributed by atoms with Crippen LogP contribution in [-0.2, 0) is 11.2 Å². The third-order valence-electron chi connectivity index (χ3n) is 5.14. The topological polar surface area (TPSA) is 84.0 Å². The summed E-state index contributed by atoms with van der Waals surface area (Å²) in [5.41, 5.74) is 3.74. The third-order valence-corrected chi connectivity index (χ3v) is 6.48. The molecule has 0 bridgehead atoms. The van der Waals surface area contributed by atoms with Crippen LogP contribution in [0, 0.1) is 13.8 Å². The lowest BCUT2D eigenvalue weighted by molar-refractivity contribution is -0.118. The quantitative estimate of drug-likeness (QED) is 0.322. The summed E-state index contributed by atoms with van der Waals surface area (Å²) in [6.45, 7) is 5.99. The van der Waals surface area contributed by atoms with E-state index >= 15 is 0 Å². The molecule has 0 aliphatic carbocycles. The summed E-state index contributed by atoms with van der Waals surface area (Å²) in [5, 5.41) is 6.40. The Morgan fingerprint density at radius 3 is 2.58 bits per heavy atom. The van der Waals surface area contributed by atoms with Crippen LogP contribution in [0.25, 0.3) is 0 Å². The molecule has 33 heavy (non-hydrogen) atoms. The highest BCUT2D eigenvalue weighted by atomic mass is 35.5. The zero-order valence-corrected chi connectivity index (χ0v) is 20.5. The van der Waals surface area contributed by atoms with Gasteiger partial charge in [0.1, 0.15) is 6.04 Å². The zero-order chi connectivity index (χ0) is 23.8. The summed E-state index contributed by atoms with van der Waals surface area (Å²) in [4.78, 5) is 34.8. The van der Waals surface area contributed by atoms with E-state index in [1.54, 1.807) is 0 Å². The number of nitrogens with one attached hydrogen (secondary N) is 2. The number of carbonyl (C=O) groups is 2. The number of aryl methyl sites for hydroxylation is 1. The van der Waals surface area contributed by atoms with Crippen molar-refractivity contribution in [3.8, 4) is 0 Å². The van der Waals surface area contributed by atoms with Crippen molar-refractivity contribution < 1.29 is 9.59 Å². The Morgan fingerprint density at radius 1 is 1.09 bits per heavy atom. The number of nitrogens with zero attached hydrogens (tertiary/aromatic N) is 2. The number of halogens is 1. The Morgan fingerprint density at radius 2 is 1.85 bits per heavy atom. The van der Waals surface area contributed by atoms with Gasteiger partial charge in [0.05, 0.1) is 11.2 Å². The van der Waals surface area contributed by atoms with Crippen LogP contribution in [0.4, 0.5) is 5.69 Å². The molecule has 1 aromatic heterocycles. The maximum absolute atomic E-state index is 13.2. The van der Waals surface area contributed by atoms with Crippen LogP contribution in [0.2, 0.25) is 5.02 Å². The number of carbonyl (C=O) groups excluding carboxylic acids is 2. The maximum atomic E-state index is 13.2. The van der Waals surface area contributed by atoms with E-state index in [1.807, 2.05) is 62.4 Å². The summed E-state index contributed by atoms with van der Waals surface area (Å²) in [7, 11) is 0. The Kier molecular flexibility index (Phi) is 8.86. The van der Waals surface area contributed by atoms with Gasteiger partial charge >= 0.3 is 0 Å². The molecule has 0 saturated carbocycles. The van der Waals surface area contributed by atoms with Crippen LogP contribution in [0.15, 0.2) is 59.9 Å². The second kappa shape index (κ2) is 11.8. The third kappa shape index (κ3) is 6.79. The Hall–Kier alpha value is -2.90. The zero-order valence-electron chi connectivity index (χ0n) is 18.9. The number of rotatable bonds is 9. The van der Waals surface area contributed by atoms with Crippen molar-refractivity contribution in [3.63, 3.8) is 0 Å². The number of anilines is 1. The normalized spacial score (nSPS) is 11.6. The van der Waals surface area contributed by atoms with Gasteiger partial charge in [-0.2, -0.15) is 0 Å². The predicted octanol–water partition coefficient (Wildman–Crippen LogP) is 5.23. The van der Waals surface area contributed by atoms with Crippen LogP contribution in [0.5, 0.6) is 0 Å². The second-order valence-electron chi connectivity index (χ2n) is 7.65. The van der Waals surface area contributed by atoms with Gasteiger partial charge in [0.15, 0.2) is 10.9 Å².